The quantitative estimate of drug-likeness (QED) is 0.432. The Bertz CT molecular complexity index is 1330. The summed E-state index contributed by atoms with van der Waals surface area (Å²) < 4.78 is 11.7. The number of anilines is 2. The number of hydrogen-bond acceptors (Lipinski definition) is 6. The van der Waals surface area contributed by atoms with Crippen LogP contribution >= 0.6 is 0 Å². The number of nitrogens with two attached hydrogens (primary N) is 1. The van der Waals surface area contributed by atoms with Crippen molar-refractivity contribution in [2.75, 3.05) is 50.5 Å². The number of carbonyl (C=O) groups is 2. The number of nitrogens with zero attached hydrogens (tertiary/aromatic N) is 1. The van der Waals surface area contributed by atoms with Gasteiger partial charge in [0, 0.05) is 31.1 Å². The van der Waals surface area contributed by atoms with E-state index in [2.05, 4.69) is 5.32 Å². The summed E-state index contributed by atoms with van der Waals surface area (Å²) >= 11 is 0. The molecule has 1 fully saturated rings. The Hall–Kier alpha value is -3.62. The van der Waals surface area contributed by atoms with Crippen molar-refractivity contribution >= 4 is 34.0 Å². The van der Waals surface area contributed by atoms with E-state index >= 15 is 0 Å². The maximum absolute atomic E-state index is 13.3. The minimum Gasteiger partial charge on any atom is -0.481 e. The van der Waals surface area contributed by atoms with Crippen molar-refractivity contribution in [3.05, 3.63) is 70.8 Å². The molecule has 38 heavy (non-hydrogen) atoms. The molecule has 0 radical (unpaired) electrons. The summed E-state index contributed by atoms with van der Waals surface area (Å²) in [6.07, 6.45) is 1.67. The predicted molar refractivity (Wildman–Crippen MR) is 148 cm³/mol. The average molecular weight is 518 g/mol. The lowest BCUT2D eigenvalue weighted by atomic mass is 9.84. The van der Waals surface area contributed by atoms with Gasteiger partial charge in [0.15, 0.2) is 0 Å². The molecule has 1 atom stereocenters. The molecular weight excluding hydrogens is 482 g/mol. The van der Waals surface area contributed by atoms with Crippen molar-refractivity contribution in [3.63, 3.8) is 0 Å². The molecule has 0 aromatic heterocycles. The number of ether oxygens (including phenoxy) is 2. The maximum atomic E-state index is 13.3. The standard InChI is InChI=1S/C30H35N3O5/c1-19-25-6-7-27(29(19)31)32-10-13-37-14-15-38-24-8-11-33(12-9-24)30(36)22-5-3-20-2-4-21(16-23(20)17-22)26(25)18-28(34)35/h2-7,16-17,24,26,32H,8-15,18,31H2,1H3,(H,34,35). The van der Waals surface area contributed by atoms with Gasteiger partial charge in [-0.25, -0.2) is 0 Å². The number of hydrogen-bond donors (Lipinski definition) is 3. The number of amides is 1. The molecule has 8 heteroatoms. The lowest BCUT2D eigenvalue weighted by Gasteiger charge is -2.32. The molecule has 8 nitrogen and oxygen atoms in total. The second kappa shape index (κ2) is 11.4. The van der Waals surface area contributed by atoms with Gasteiger partial charge in [-0.05, 0) is 65.4 Å². The molecule has 4 N–H and O–H groups in total. The normalized spacial score (nSPS) is 20.9. The number of benzene rings is 3. The Labute approximate surface area is 222 Å². The minimum atomic E-state index is -0.884. The molecule has 5 aliphatic heterocycles. The van der Waals surface area contributed by atoms with Gasteiger partial charge in [0.05, 0.1) is 43.7 Å². The molecule has 1 amide bonds. The first-order valence-corrected chi connectivity index (χ1v) is 13.3. The van der Waals surface area contributed by atoms with Gasteiger partial charge in [-0.2, -0.15) is 0 Å². The molecule has 1 saturated heterocycles. The summed E-state index contributed by atoms with van der Waals surface area (Å²) in [6.45, 7) is 5.37. The van der Waals surface area contributed by atoms with E-state index in [1.165, 1.54) is 0 Å². The van der Waals surface area contributed by atoms with Crippen LogP contribution in [0.4, 0.5) is 11.4 Å². The first kappa shape index (κ1) is 26.0. The van der Waals surface area contributed by atoms with Gasteiger partial charge in [-0.3, -0.25) is 9.59 Å². The van der Waals surface area contributed by atoms with Crippen LogP contribution in [0.2, 0.25) is 0 Å². The predicted octanol–water partition coefficient (Wildman–Crippen LogP) is 4.40. The summed E-state index contributed by atoms with van der Waals surface area (Å²) in [5, 5.41) is 15.0. The number of nitrogens with one attached hydrogen (secondary N) is 1. The average Bonchev–Trinajstić information content (AvgIpc) is 2.92. The van der Waals surface area contributed by atoms with Crippen LogP contribution in [0.3, 0.4) is 0 Å². The summed E-state index contributed by atoms with van der Waals surface area (Å²) in [4.78, 5) is 27.1. The highest BCUT2D eigenvalue weighted by Gasteiger charge is 2.25. The van der Waals surface area contributed by atoms with E-state index in [0.717, 1.165) is 46.0 Å². The Balaban J connectivity index is 1.54. The molecule has 0 aliphatic carbocycles. The van der Waals surface area contributed by atoms with Crippen molar-refractivity contribution in [2.24, 2.45) is 0 Å². The third-order valence-electron chi connectivity index (χ3n) is 7.70. The zero-order chi connectivity index (χ0) is 26.6. The van der Waals surface area contributed by atoms with Gasteiger partial charge < -0.3 is 30.5 Å². The van der Waals surface area contributed by atoms with Crippen LogP contribution in [0.5, 0.6) is 0 Å². The van der Waals surface area contributed by atoms with Gasteiger partial charge in [0.2, 0.25) is 0 Å². The molecule has 200 valence electrons. The topological polar surface area (TPSA) is 114 Å². The zero-order valence-corrected chi connectivity index (χ0v) is 21.7. The third kappa shape index (κ3) is 5.61. The second-order valence-corrected chi connectivity index (χ2v) is 10.1. The highest BCUT2D eigenvalue weighted by molar-refractivity contribution is 5.99. The highest BCUT2D eigenvalue weighted by atomic mass is 16.5. The fourth-order valence-electron chi connectivity index (χ4n) is 5.52. The Kier molecular flexibility index (Phi) is 7.81. The molecule has 0 saturated carbocycles. The SMILES string of the molecule is Cc1c2ccc(c1N)NCCOCCOC1CCN(CC1)C(=O)c1ccc3ccc(cc3c1)C2CC(=O)O. The summed E-state index contributed by atoms with van der Waals surface area (Å²) in [5.74, 6) is -1.26. The van der Waals surface area contributed by atoms with Crippen molar-refractivity contribution < 1.29 is 24.2 Å². The van der Waals surface area contributed by atoms with E-state index < -0.39 is 5.97 Å². The molecule has 1 unspecified atom stereocenters. The fourth-order valence-corrected chi connectivity index (χ4v) is 5.52. The molecule has 7 bridgehead atoms. The molecule has 3 aromatic carbocycles. The van der Waals surface area contributed by atoms with E-state index in [1.54, 1.807) is 0 Å². The monoisotopic (exact) mass is 517 g/mol. The van der Waals surface area contributed by atoms with E-state index in [0.29, 0.717) is 50.7 Å². The summed E-state index contributed by atoms with van der Waals surface area (Å²) in [7, 11) is 0. The first-order valence-electron chi connectivity index (χ1n) is 13.3. The molecule has 5 heterocycles. The largest absolute Gasteiger partial charge is 0.481 e. The Morgan fingerprint density at radius 3 is 2.63 bits per heavy atom. The minimum absolute atomic E-state index is 0.00928. The lowest BCUT2D eigenvalue weighted by Crippen LogP contribution is -2.41. The number of carbonyl (C=O) groups excluding carboxylic acids is 1. The highest BCUT2D eigenvalue weighted by Crippen LogP contribution is 2.37. The smallest absolute Gasteiger partial charge is 0.304 e. The van der Waals surface area contributed by atoms with E-state index in [4.69, 9.17) is 15.2 Å². The van der Waals surface area contributed by atoms with Gasteiger partial charge in [-0.15, -0.1) is 0 Å². The number of carboxylic acid groups (broad SMARTS) is 1. The number of piperidine rings is 1. The van der Waals surface area contributed by atoms with Crippen LogP contribution in [0.1, 0.15) is 52.2 Å². The molecular formula is C30H35N3O5. The summed E-state index contributed by atoms with van der Waals surface area (Å²) in [5.41, 5.74) is 11.1. The Morgan fingerprint density at radius 1 is 1.05 bits per heavy atom. The van der Waals surface area contributed by atoms with Gasteiger partial charge in [0.25, 0.3) is 5.91 Å². The van der Waals surface area contributed by atoms with Crippen LogP contribution in [0.25, 0.3) is 10.8 Å². The molecule has 0 spiro atoms. The van der Waals surface area contributed by atoms with Crippen LogP contribution in [0, 0.1) is 6.92 Å². The number of rotatable bonds is 2. The van der Waals surface area contributed by atoms with Crippen LogP contribution in [-0.2, 0) is 14.3 Å². The fraction of sp³-hybridized carbons (Fsp3) is 0.400. The van der Waals surface area contributed by atoms with Gasteiger partial charge in [-0.1, -0.05) is 30.3 Å². The summed E-state index contributed by atoms with van der Waals surface area (Å²) in [6, 6.07) is 15.6. The van der Waals surface area contributed by atoms with Crippen LogP contribution < -0.4 is 11.1 Å². The van der Waals surface area contributed by atoms with Crippen molar-refractivity contribution in [1.82, 2.24) is 4.90 Å². The van der Waals surface area contributed by atoms with Gasteiger partial charge in [0.1, 0.15) is 0 Å². The molecule has 8 rings (SSSR count). The van der Waals surface area contributed by atoms with Crippen molar-refractivity contribution in [1.29, 1.82) is 0 Å². The number of carboxylic acids is 1. The second-order valence-electron chi connectivity index (χ2n) is 10.1. The zero-order valence-electron chi connectivity index (χ0n) is 21.7. The number of aliphatic carboxylic acids is 1. The lowest BCUT2D eigenvalue weighted by molar-refractivity contribution is -0.137. The van der Waals surface area contributed by atoms with Gasteiger partial charge >= 0.3 is 5.97 Å². The van der Waals surface area contributed by atoms with E-state index in [9.17, 15) is 14.7 Å². The molecule has 3 aromatic rings. The van der Waals surface area contributed by atoms with E-state index in [1.807, 2.05) is 60.4 Å². The van der Waals surface area contributed by atoms with E-state index in [-0.39, 0.29) is 24.3 Å². The molecule has 5 aliphatic rings. The van der Waals surface area contributed by atoms with Crippen LogP contribution in [0.15, 0.2) is 48.5 Å². The van der Waals surface area contributed by atoms with Crippen molar-refractivity contribution in [3.8, 4) is 0 Å². The first-order chi connectivity index (χ1) is 18.4. The Morgan fingerprint density at radius 2 is 1.84 bits per heavy atom. The number of nitrogen functional groups attached to an aromatic ring is 1. The maximum Gasteiger partial charge on any atom is 0.304 e. The third-order valence-corrected chi connectivity index (χ3v) is 7.70. The van der Waals surface area contributed by atoms with Crippen molar-refractivity contribution in [2.45, 2.75) is 38.2 Å². The van der Waals surface area contributed by atoms with Crippen LogP contribution in [-0.4, -0.2) is 67.4 Å².